The maximum Gasteiger partial charge on any atom is 0.330 e. The fourth-order valence-corrected chi connectivity index (χ4v) is 4.13. The number of hydrogen-bond acceptors (Lipinski definition) is 6. The summed E-state index contributed by atoms with van der Waals surface area (Å²) < 4.78 is 8.26. The van der Waals surface area contributed by atoms with E-state index in [1.807, 2.05) is 18.7 Å². The third kappa shape index (κ3) is 4.53. The molecule has 9 nitrogen and oxygen atoms in total. The summed E-state index contributed by atoms with van der Waals surface area (Å²) in [5, 5.41) is 3.33. The number of ether oxygens (including phenoxy) is 1. The highest BCUT2D eigenvalue weighted by Gasteiger charge is 2.30. The molecular formula is C19H31N5O4. The Bertz CT molecular complexity index is 817. The molecule has 0 saturated carbocycles. The summed E-state index contributed by atoms with van der Waals surface area (Å²) in [4.78, 5) is 41.4. The monoisotopic (exact) mass is 393 g/mol. The molecule has 3 rings (SSSR count). The highest BCUT2D eigenvalue weighted by molar-refractivity contribution is 5.78. The van der Waals surface area contributed by atoms with Crippen LogP contribution in [0.2, 0.25) is 0 Å². The number of morpholine rings is 1. The summed E-state index contributed by atoms with van der Waals surface area (Å²) >= 11 is 0. The molecular weight excluding hydrogens is 362 g/mol. The molecule has 0 aliphatic carbocycles. The first-order valence-corrected chi connectivity index (χ1v) is 9.89. The molecule has 1 N–H and O–H groups in total. The van der Waals surface area contributed by atoms with Crippen molar-refractivity contribution in [2.24, 2.45) is 14.1 Å². The molecule has 0 aromatic carbocycles. The van der Waals surface area contributed by atoms with Gasteiger partial charge in [-0.1, -0.05) is 0 Å². The molecule has 0 unspecified atom stereocenters. The maximum absolute atomic E-state index is 13.0. The zero-order valence-electron chi connectivity index (χ0n) is 17.2. The van der Waals surface area contributed by atoms with Crippen molar-refractivity contribution in [2.45, 2.75) is 45.1 Å². The van der Waals surface area contributed by atoms with Crippen LogP contribution in [0.3, 0.4) is 0 Å². The first-order valence-electron chi connectivity index (χ1n) is 9.89. The Kier molecular flexibility index (Phi) is 6.36. The van der Waals surface area contributed by atoms with Gasteiger partial charge in [-0.25, -0.2) is 4.79 Å². The molecule has 2 fully saturated rings. The lowest BCUT2D eigenvalue weighted by molar-refractivity contribution is -0.145. The van der Waals surface area contributed by atoms with E-state index in [0.717, 1.165) is 24.1 Å². The van der Waals surface area contributed by atoms with Crippen molar-refractivity contribution in [3.8, 4) is 0 Å². The summed E-state index contributed by atoms with van der Waals surface area (Å²) in [5.74, 6) is 0.0514. The third-order valence-corrected chi connectivity index (χ3v) is 5.55. The van der Waals surface area contributed by atoms with Gasteiger partial charge in [0.05, 0.1) is 18.8 Å². The van der Waals surface area contributed by atoms with Crippen molar-refractivity contribution in [1.82, 2.24) is 24.3 Å². The van der Waals surface area contributed by atoms with Crippen LogP contribution in [0.5, 0.6) is 0 Å². The van der Waals surface area contributed by atoms with Crippen LogP contribution in [0.15, 0.2) is 15.8 Å². The fraction of sp³-hybridized carbons (Fsp3) is 0.737. The number of hydrogen-bond donors (Lipinski definition) is 1. The third-order valence-electron chi connectivity index (χ3n) is 5.55. The molecule has 3 heterocycles. The molecule has 0 radical (unpaired) electrons. The van der Waals surface area contributed by atoms with E-state index in [9.17, 15) is 14.4 Å². The van der Waals surface area contributed by atoms with Gasteiger partial charge in [-0.3, -0.25) is 19.1 Å². The van der Waals surface area contributed by atoms with E-state index in [1.165, 1.54) is 11.6 Å². The number of nitrogens with one attached hydrogen (secondary N) is 1. The molecule has 3 atom stereocenters. The zero-order chi connectivity index (χ0) is 20.4. The number of nitrogens with zero attached hydrogens (tertiary/aromatic N) is 4. The lowest BCUT2D eigenvalue weighted by Crippen LogP contribution is -2.52. The number of aromatic nitrogens is 2. The standard InChI is InChI=1S/C19H31N5O4/c1-13-8-24(9-14(2)28-13)17(25)12-23(16-5-6-20-7-16)11-15-10-21(3)19(27)22(4)18(15)26/h10,13-14,16,20H,5-9,11-12H2,1-4H3/t13-,14-,16+/m1/s1. The van der Waals surface area contributed by atoms with Crippen LogP contribution in [-0.4, -0.2) is 75.8 Å². The Hall–Kier alpha value is -1.97. The second-order valence-electron chi connectivity index (χ2n) is 8.02. The van der Waals surface area contributed by atoms with E-state index < -0.39 is 0 Å². The first-order chi connectivity index (χ1) is 13.3. The van der Waals surface area contributed by atoms with Gasteiger partial charge in [0.2, 0.25) is 5.91 Å². The van der Waals surface area contributed by atoms with Gasteiger partial charge in [-0.2, -0.15) is 0 Å². The fourth-order valence-electron chi connectivity index (χ4n) is 4.13. The van der Waals surface area contributed by atoms with E-state index in [4.69, 9.17) is 4.74 Å². The van der Waals surface area contributed by atoms with Crippen molar-refractivity contribution in [1.29, 1.82) is 0 Å². The summed E-state index contributed by atoms with van der Waals surface area (Å²) in [6.45, 7) is 7.39. The highest BCUT2D eigenvalue weighted by atomic mass is 16.5. The van der Waals surface area contributed by atoms with Crippen molar-refractivity contribution < 1.29 is 9.53 Å². The lowest BCUT2D eigenvalue weighted by Gasteiger charge is -2.37. The van der Waals surface area contributed by atoms with Gasteiger partial charge >= 0.3 is 5.69 Å². The quantitative estimate of drug-likeness (QED) is 0.682. The van der Waals surface area contributed by atoms with E-state index in [1.54, 1.807) is 13.2 Å². The number of aryl methyl sites for hydroxylation is 1. The molecule has 2 saturated heterocycles. The average molecular weight is 393 g/mol. The van der Waals surface area contributed by atoms with Crippen LogP contribution in [0.1, 0.15) is 25.8 Å². The Morgan fingerprint density at radius 3 is 2.54 bits per heavy atom. The minimum atomic E-state index is -0.352. The summed E-state index contributed by atoms with van der Waals surface area (Å²) in [5.41, 5.74) is -0.136. The van der Waals surface area contributed by atoms with Crippen LogP contribution < -0.4 is 16.6 Å². The molecule has 1 amide bonds. The minimum Gasteiger partial charge on any atom is -0.372 e. The van der Waals surface area contributed by atoms with Crippen molar-refractivity contribution in [3.05, 3.63) is 32.6 Å². The number of carbonyl (C=O) groups excluding carboxylic acids is 1. The molecule has 156 valence electrons. The molecule has 28 heavy (non-hydrogen) atoms. The van der Waals surface area contributed by atoms with Crippen LogP contribution in [0.4, 0.5) is 0 Å². The molecule has 2 aliphatic rings. The molecule has 0 spiro atoms. The van der Waals surface area contributed by atoms with Crippen LogP contribution in [-0.2, 0) is 30.2 Å². The van der Waals surface area contributed by atoms with Gasteiger partial charge in [0, 0.05) is 58.1 Å². The largest absolute Gasteiger partial charge is 0.372 e. The second kappa shape index (κ2) is 8.59. The summed E-state index contributed by atoms with van der Waals surface area (Å²) in [6.07, 6.45) is 2.55. The second-order valence-corrected chi connectivity index (χ2v) is 8.02. The van der Waals surface area contributed by atoms with Crippen LogP contribution in [0, 0.1) is 0 Å². The number of rotatable bonds is 5. The van der Waals surface area contributed by atoms with Gasteiger partial charge in [0.15, 0.2) is 0 Å². The minimum absolute atomic E-state index is 0.0187. The summed E-state index contributed by atoms with van der Waals surface area (Å²) in [6, 6.07) is 0.182. The highest BCUT2D eigenvalue weighted by Crippen LogP contribution is 2.15. The Morgan fingerprint density at radius 1 is 1.25 bits per heavy atom. The van der Waals surface area contributed by atoms with Crippen molar-refractivity contribution in [3.63, 3.8) is 0 Å². The molecule has 9 heteroatoms. The maximum atomic E-state index is 13.0. The van der Waals surface area contributed by atoms with E-state index in [0.29, 0.717) is 25.2 Å². The molecule has 2 aliphatic heterocycles. The van der Waals surface area contributed by atoms with E-state index >= 15 is 0 Å². The lowest BCUT2D eigenvalue weighted by atomic mass is 10.1. The van der Waals surface area contributed by atoms with Gasteiger partial charge in [0.25, 0.3) is 5.56 Å². The van der Waals surface area contributed by atoms with E-state index in [2.05, 4.69) is 10.2 Å². The zero-order valence-corrected chi connectivity index (χ0v) is 17.2. The van der Waals surface area contributed by atoms with Crippen molar-refractivity contribution >= 4 is 5.91 Å². The predicted octanol–water partition coefficient (Wildman–Crippen LogP) is -1.12. The number of carbonyl (C=O) groups is 1. The van der Waals surface area contributed by atoms with Gasteiger partial charge < -0.3 is 19.5 Å². The van der Waals surface area contributed by atoms with Gasteiger partial charge in [-0.15, -0.1) is 0 Å². The predicted molar refractivity (Wildman–Crippen MR) is 105 cm³/mol. The first kappa shape index (κ1) is 20.8. The van der Waals surface area contributed by atoms with Gasteiger partial charge in [0.1, 0.15) is 0 Å². The molecule has 0 bridgehead atoms. The van der Waals surface area contributed by atoms with E-state index in [-0.39, 0.29) is 42.0 Å². The smallest absolute Gasteiger partial charge is 0.330 e. The normalized spacial score (nSPS) is 25.5. The topological polar surface area (TPSA) is 88.8 Å². The summed E-state index contributed by atoms with van der Waals surface area (Å²) in [7, 11) is 3.12. The van der Waals surface area contributed by atoms with Crippen LogP contribution in [0.25, 0.3) is 0 Å². The van der Waals surface area contributed by atoms with Gasteiger partial charge in [-0.05, 0) is 26.8 Å². The Balaban J connectivity index is 1.79. The van der Waals surface area contributed by atoms with Crippen molar-refractivity contribution in [2.75, 3.05) is 32.7 Å². The Morgan fingerprint density at radius 2 is 1.93 bits per heavy atom. The Labute approximate surface area is 164 Å². The van der Waals surface area contributed by atoms with Crippen LogP contribution >= 0.6 is 0 Å². The molecule has 1 aromatic heterocycles. The number of amides is 1. The molecule has 1 aromatic rings. The average Bonchev–Trinajstić information content (AvgIpc) is 3.17. The SMILES string of the molecule is C[C@@H]1CN(C(=O)CN(Cc2cn(C)c(=O)n(C)c2=O)[C@H]2CCNC2)C[C@@H](C)O1.